The van der Waals surface area contributed by atoms with Crippen molar-refractivity contribution in [2.75, 3.05) is 6.61 Å². The van der Waals surface area contributed by atoms with Crippen molar-refractivity contribution in [1.29, 1.82) is 0 Å². The largest absolute Gasteiger partial charge is 0.449 e. The van der Waals surface area contributed by atoms with Crippen LogP contribution in [0.4, 0.5) is 9.18 Å². The van der Waals surface area contributed by atoms with Gasteiger partial charge in [0, 0.05) is 0 Å². The number of ether oxygens (including phenoxy) is 1. The zero-order valence-corrected chi connectivity index (χ0v) is 8.24. The number of rotatable bonds is 3. The molecule has 0 heterocycles. The molecule has 0 unspecified atom stereocenters. The van der Waals surface area contributed by atoms with Gasteiger partial charge in [0.2, 0.25) is 0 Å². The lowest BCUT2D eigenvalue weighted by Gasteiger charge is -1.98. The van der Waals surface area contributed by atoms with Crippen molar-refractivity contribution in [3.63, 3.8) is 0 Å². The molecule has 0 aromatic heterocycles. The van der Waals surface area contributed by atoms with E-state index in [1.54, 1.807) is 19.1 Å². The van der Waals surface area contributed by atoms with Crippen molar-refractivity contribution in [1.82, 2.24) is 5.43 Å². The summed E-state index contributed by atoms with van der Waals surface area (Å²) in [7, 11) is 0. The Morgan fingerprint density at radius 2 is 2.47 bits per heavy atom. The van der Waals surface area contributed by atoms with Gasteiger partial charge in [0.25, 0.3) is 0 Å². The number of benzene rings is 1. The third-order valence-corrected chi connectivity index (χ3v) is 1.49. The van der Waals surface area contributed by atoms with Crippen molar-refractivity contribution < 1.29 is 13.9 Å². The van der Waals surface area contributed by atoms with Crippen LogP contribution in [0.1, 0.15) is 12.5 Å². The van der Waals surface area contributed by atoms with Gasteiger partial charge in [-0.3, -0.25) is 0 Å². The van der Waals surface area contributed by atoms with E-state index in [1.165, 1.54) is 18.3 Å². The minimum absolute atomic E-state index is 0.279. The maximum atomic E-state index is 12.7. The van der Waals surface area contributed by atoms with Gasteiger partial charge in [0.1, 0.15) is 5.82 Å². The lowest BCUT2D eigenvalue weighted by Crippen LogP contribution is -2.18. The summed E-state index contributed by atoms with van der Waals surface area (Å²) in [6.07, 6.45) is 0.699. The van der Waals surface area contributed by atoms with Gasteiger partial charge in [-0.1, -0.05) is 12.1 Å². The summed E-state index contributed by atoms with van der Waals surface area (Å²) in [5.74, 6) is -0.352. The van der Waals surface area contributed by atoms with Gasteiger partial charge in [0.05, 0.1) is 12.8 Å². The van der Waals surface area contributed by atoms with Crippen molar-refractivity contribution in [3.8, 4) is 0 Å². The summed E-state index contributed by atoms with van der Waals surface area (Å²) in [6.45, 7) is 1.97. The Bertz CT molecular complexity index is 366. The Hall–Kier alpha value is -1.91. The van der Waals surface area contributed by atoms with E-state index in [9.17, 15) is 9.18 Å². The molecule has 0 fully saturated rings. The number of hydrogen-bond donors (Lipinski definition) is 1. The molecule has 0 spiro atoms. The third-order valence-electron chi connectivity index (χ3n) is 1.49. The van der Waals surface area contributed by atoms with Crippen molar-refractivity contribution in [2.45, 2.75) is 6.92 Å². The normalized spacial score (nSPS) is 10.3. The minimum atomic E-state index is -0.634. The van der Waals surface area contributed by atoms with Gasteiger partial charge in [-0.15, -0.1) is 0 Å². The first-order chi connectivity index (χ1) is 7.22. The number of hydrazone groups is 1. The first-order valence-corrected chi connectivity index (χ1v) is 4.43. The zero-order chi connectivity index (χ0) is 11.1. The van der Waals surface area contributed by atoms with Crippen LogP contribution in [0, 0.1) is 5.82 Å². The van der Waals surface area contributed by atoms with Crippen LogP contribution in [0.25, 0.3) is 0 Å². The molecule has 15 heavy (non-hydrogen) atoms. The van der Waals surface area contributed by atoms with E-state index >= 15 is 0 Å². The van der Waals surface area contributed by atoms with Gasteiger partial charge in [-0.25, -0.2) is 14.6 Å². The van der Waals surface area contributed by atoms with Crippen LogP contribution in [0.2, 0.25) is 0 Å². The lowest BCUT2D eigenvalue weighted by atomic mass is 10.2. The van der Waals surface area contributed by atoms with Gasteiger partial charge in [-0.05, 0) is 24.6 Å². The number of hydrogen-bond acceptors (Lipinski definition) is 3. The fraction of sp³-hybridized carbons (Fsp3) is 0.200. The van der Waals surface area contributed by atoms with Crippen LogP contribution in [-0.4, -0.2) is 18.9 Å². The molecule has 0 bridgehead atoms. The molecular formula is C10H11FN2O2. The lowest BCUT2D eigenvalue weighted by molar-refractivity contribution is 0.152. The fourth-order valence-electron chi connectivity index (χ4n) is 0.910. The average Bonchev–Trinajstić information content (AvgIpc) is 2.18. The number of nitrogens with zero attached hydrogens (tertiary/aromatic N) is 1. The quantitative estimate of drug-likeness (QED) is 0.612. The maximum absolute atomic E-state index is 12.7. The highest BCUT2D eigenvalue weighted by atomic mass is 19.1. The molecule has 1 aromatic carbocycles. The molecule has 0 saturated carbocycles. The standard InChI is InChI=1S/C10H11FN2O2/c1-2-15-10(14)13-12-7-8-4-3-5-9(11)6-8/h3-7H,2H2,1H3,(H,13,14)/b12-7-. The van der Waals surface area contributed by atoms with E-state index in [2.05, 4.69) is 15.3 Å². The van der Waals surface area contributed by atoms with Crippen LogP contribution in [0.5, 0.6) is 0 Å². The molecule has 0 aliphatic heterocycles. The van der Waals surface area contributed by atoms with E-state index in [1.807, 2.05) is 0 Å². The molecule has 4 nitrogen and oxygen atoms in total. The summed E-state index contributed by atoms with van der Waals surface area (Å²) in [5.41, 5.74) is 2.70. The first-order valence-electron chi connectivity index (χ1n) is 4.43. The summed E-state index contributed by atoms with van der Waals surface area (Å²) in [5, 5.41) is 3.59. The number of nitrogens with one attached hydrogen (secondary N) is 1. The number of halogens is 1. The smallest absolute Gasteiger partial charge is 0.427 e. The van der Waals surface area contributed by atoms with Crippen LogP contribution < -0.4 is 5.43 Å². The predicted octanol–water partition coefficient (Wildman–Crippen LogP) is 1.91. The molecule has 1 rings (SSSR count). The number of amides is 1. The Kier molecular flexibility index (Phi) is 4.28. The summed E-state index contributed by atoms with van der Waals surface area (Å²) in [4.78, 5) is 10.8. The van der Waals surface area contributed by atoms with E-state index in [0.29, 0.717) is 5.56 Å². The topological polar surface area (TPSA) is 50.7 Å². The van der Waals surface area contributed by atoms with Gasteiger partial charge < -0.3 is 4.74 Å². The highest BCUT2D eigenvalue weighted by molar-refractivity contribution is 5.80. The monoisotopic (exact) mass is 210 g/mol. The Labute approximate surface area is 86.7 Å². The summed E-state index contributed by atoms with van der Waals surface area (Å²) in [6, 6.07) is 5.85. The third kappa shape index (κ3) is 4.21. The number of carbonyl (C=O) groups excluding carboxylic acids is 1. The SMILES string of the molecule is CCOC(=O)N/N=C\c1cccc(F)c1. The number of carbonyl (C=O) groups is 1. The molecule has 0 aliphatic carbocycles. The van der Waals surface area contributed by atoms with Crippen LogP contribution in [-0.2, 0) is 4.74 Å². The van der Waals surface area contributed by atoms with Gasteiger partial charge in [-0.2, -0.15) is 5.10 Å². The van der Waals surface area contributed by atoms with Crippen LogP contribution >= 0.6 is 0 Å². The Morgan fingerprint density at radius 3 is 3.13 bits per heavy atom. The Morgan fingerprint density at radius 1 is 1.67 bits per heavy atom. The molecule has 0 aliphatic rings. The zero-order valence-electron chi connectivity index (χ0n) is 8.24. The van der Waals surface area contributed by atoms with Crippen LogP contribution in [0.15, 0.2) is 29.4 Å². The van der Waals surface area contributed by atoms with E-state index in [4.69, 9.17) is 0 Å². The second kappa shape index (κ2) is 5.74. The van der Waals surface area contributed by atoms with Crippen molar-refractivity contribution >= 4 is 12.3 Å². The molecule has 0 radical (unpaired) electrons. The molecule has 1 aromatic rings. The Balaban J connectivity index is 2.48. The maximum Gasteiger partial charge on any atom is 0.427 e. The molecule has 80 valence electrons. The van der Waals surface area contributed by atoms with E-state index < -0.39 is 6.09 Å². The van der Waals surface area contributed by atoms with Gasteiger partial charge >= 0.3 is 6.09 Å². The van der Waals surface area contributed by atoms with E-state index in [-0.39, 0.29) is 12.4 Å². The second-order valence-corrected chi connectivity index (χ2v) is 2.65. The first kappa shape index (κ1) is 11.2. The average molecular weight is 210 g/mol. The van der Waals surface area contributed by atoms with E-state index in [0.717, 1.165) is 0 Å². The molecule has 1 amide bonds. The molecular weight excluding hydrogens is 199 g/mol. The highest BCUT2D eigenvalue weighted by Gasteiger charge is 1.95. The molecule has 1 N–H and O–H groups in total. The summed E-state index contributed by atoms with van der Waals surface area (Å²) < 4.78 is 17.3. The van der Waals surface area contributed by atoms with Crippen molar-refractivity contribution in [2.24, 2.45) is 5.10 Å². The van der Waals surface area contributed by atoms with Crippen molar-refractivity contribution in [3.05, 3.63) is 35.6 Å². The minimum Gasteiger partial charge on any atom is -0.449 e. The highest BCUT2D eigenvalue weighted by Crippen LogP contribution is 1.99. The molecule has 0 atom stereocenters. The summed E-state index contributed by atoms with van der Waals surface area (Å²) >= 11 is 0. The predicted molar refractivity (Wildman–Crippen MR) is 54.2 cm³/mol. The second-order valence-electron chi connectivity index (χ2n) is 2.65. The fourth-order valence-corrected chi connectivity index (χ4v) is 0.910. The molecule has 0 saturated heterocycles. The van der Waals surface area contributed by atoms with Crippen LogP contribution in [0.3, 0.4) is 0 Å². The van der Waals surface area contributed by atoms with Gasteiger partial charge in [0.15, 0.2) is 0 Å². The molecule has 5 heteroatoms.